The molecule has 1 atom stereocenters. The van der Waals surface area contributed by atoms with Crippen molar-refractivity contribution in [3.05, 3.63) is 58.9 Å². The van der Waals surface area contributed by atoms with Gasteiger partial charge in [-0.1, -0.05) is 17.7 Å². The van der Waals surface area contributed by atoms with Gasteiger partial charge >= 0.3 is 0 Å². The summed E-state index contributed by atoms with van der Waals surface area (Å²) >= 11 is 0. The van der Waals surface area contributed by atoms with Crippen molar-refractivity contribution in [1.82, 2.24) is 4.98 Å². The van der Waals surface area contributed by atoms with Gasteiger partial charge in [-0.2, -0.15) is 0 Å². The van der Waals surface area contributed by atoms with Gasteiger partial charge in [-0.25, -0.2) is 0 Å². The van der Waals surface area contributed by atoms with Crippen LogP contribution in [-0.2, 0) is 6.42 Å². The Balaban J connectivity index is 2.23. The minimum absolute atomic E-state index is 0.536. The highest BCUT2D eigenvalue weighted by molar-refractivity contribution is 5.38. The Labute approximate surface area is 113 Å². The van der Waals surface area contributed by atoms with Gasteiger partial charge in [0.15, 0.2) is 0 Å². The molecular formula is C16H19NO2. The van der Waals surface area contributed by atoms with Gasteiger partial charge in [0.2, 0.25) is 0 Å². The van der Waals surface area contributed by atoms with Gasteiger partial charge < -0.3 is 9.84 Å². The van der Waals surface area contributed by atoms with Crippen LogP contribution in [0.2, 0.25) is 0 Å². The van der Waals surface area contributed by atoms with Crippen LogP contribution in [0, 0.1) is 13.8 Å². The summed E-state index contributed by atoms with van der Waals surface area (Å²) in [5.41, 5.74) is 3.97. The molecule has 0 radical (unpaired) electrons. The zero-order valence-electron chi connectivity index (χ0n) is 11.6. The Morgan fingerprint density at radius 1 is 1.21 bits per heavy atom. The van der Waals surface area contributed by atoms with Crippen LogP contribution in [0.3, 0.4) is 0 Å². The van der Waals surface area contributed by atoms with E-state index in [-0.39, 0.29) is 0 Å². The van der Waals surface area contributed by atoms with Crippen molar-refractivity contribution in [3.63, 3.8) is 0 Å². The van der Waals surface area contributed by atoms with Gasteiger partial charge in [0, 0.05) is 18.3 Å². The van der Waals surface area contributed by atoms with Crippen molar-refractivity contribution in [1.29, 1.82) is 0 Å². The Kier molecular flexibility index (Phi) is 4.17. The maximum atomic E-state index is 10.3. The normalized spacial score (nSPS) is 12.2. The summed E-state index contributed by atoms with van der Waals surface area (Å²) < 4.78 is 5.34. The highest BCUT2D eigenvalue weighted by atomic mass is 16.5. The molecule has 2 aromatic rings. The maximum absolute atomic E-state index is 10.3. The molecular weight excluding hydrogens is 238 g/mol. The number of methoxy groups -OCH3 is 1. The molecule has 19 heavy (non-hydrogen) atoms. The minimum atomic E-state index is -0.544. The number of rotatable bonds is 4. The molecule has 1 heterocycles. The van der Waals surface area contributed by atoms with Crippen LogP contribution in [0.1, 0.15) is 28.5 Å². The Morgan fingerprint density at radius 2 is 2.00 bits per heavy atom. The molecule has 0 saturated heterocycles. The molecule has 1 N–H and O–H groups in total. The molecule has 2 rings (SSSR count). The number of ether oxygens (including phenoxy) is 1. The van der Waals surface area contributed by atoms with Crippen LogP contribution >= 0.6 is 0 Å². The first-order chi connectivity index (χ1) is 9.10. The molecule has 0 aliphatic heterocycles. The number of benzene rings is 1. The zero-order chi connectivity index (χ0) is 13.8. The molecule has 0 fully saturated rings. The number of aliphatic hydroxyl groups excluding tert-OH is 1. The van der Waals surface area contributed by atoms with Gasteiger partial charge in [-0.3, -0.25) is 4.98 Å². The van der Waals surface area contributed by atoms with Crippen LogP contribution < -0.4 is 4.74 Å². The fourth-order valence-corrected chi connectivity index (χ4v) is 2.17. The van der Waals surface area contributed by atoms with Crippen LogP contribution in [0.15, 0.2) is 36.5 Å². The highest BCUT2D eigenvalue weighted by Gasteiger charge is 2.12. The number of aryl methyl sites for hydroxylation is 2. The lowest BCUT2D eigenvalue weighted by molar-refractivity contribution is 0.177. The first kappa shape index (κ1) is 13.6. The first-order valence-electron chi connectivity index (χ1n) is 6.34. The molecule has 1 aromatic carbocycles. The average molecular weight is 257 g/mol. The van der Waals surface area contributed by atoms with Crippen LogP contribution in [-0.4, -0.2) is 17.2 Å². The van der Waals surface area contributed by atoms with E-state index in [4.69, 9.17) is 4.74 Å². The van der Waals surface area contributed by atoms with Crippen molar-refractivity contribution in [2.24, 2.45) is 0 Å². The topological polar surface area (TPSA) is 42.4 Å². The predicted molar refractivity (Wildman–Crippen MR) is 75.4 cm³/mol. The third-order valence-corrected chi connectivity index (χ3v) is 3.15. The summed E-state index contributed by atoms with van der Waals surface area (Å²) in [6.45, 7) is 3.95. The predicted octanol–water partition coefficient (Wildman–Crippen LogP) is 2.98. The first-order valence-corrected chi connectivity index (χ1v) is 6.34. The number of hydrogen-bond donors (Lipinski definition) is 1. The van der Waals surface area contributed by atoms with E-state index in [1.54, 1.807) is 13.3 Å². The average Bonchev–Trinajstić information content (AvgIpc) is 2.39. The summed E-state index contributed by atoms with van der Waals surface area (Å²) in [7, 11) is 1.65. The van der Waals surface area contributed by atoms with Gasteiger partial charge in [0.1, 0.15) is 5.75 Å². The Bertz CT molecular complexity index is 566. The van der Waals surface area contributed by atoms with Crippen molar-refractivity contribution < 1.29 is 9.84 Å². The van der Waals surface area contributed by atoms with E-state index in [0.29, 0.717) is 6.42 Å². The van der Waals surface area contributed by atoms with E-state index in [1.165, 1.54) is 0 Å². The summed E-state index contributed by atoms with van der Waals surface area (Å²) in [6.07, 6.45) is 1.72. The monoisotopic (exact) mass is 257 g/mol. The molecule has 0 spiro atoms. The third kappa shape index (κ3) is 3.32. The van der Waals surface area contributed by atoms with E-state index >= 15 is 0 Å². The molecule has 0 bridgehead atoms. The number of pyridine rings is 1. The van der Waals surface area contributed by atoms with Gasteiger partial charge in [-0.15, -0.1) is 0 Å². The highest BCUT2D eigenvalue weighted by Crippen LogP contribution is 2.26. The standard InChI is InChI=1S/C16H19NO2/c1-11-4-5-16(19-3)14(8-11)10-15(18)13-6-7-17-12(2)9-13/h4-9,15,18H,10H2,1-3H3. The maximum Gasteiger partial charge on any atom is 0.122 e. The third-order valence-electron chi connectivity index (χ3n) is 3.15. The fourth-order valence-electron chi connectivity index (χ4n) is 2.17. The SMILES string of the molecule is COc1ccc(C)cc1CC(O)c1ccnc(C)c1. The molecule has 3 nitrogen and oxygen atoms in total. The summed E-state index contributed by atoms with van der Waals surface area (Å²) in [6, 6.07) is 9.75. The number of aliphatic hydroxyl groups is 1. The van der Waals surface area contributed by atoms with E-state index in [2.05, 4.69) is 11.1 Å². The van der Waals surface area contributed by atoms with Gasteiger partial charge in [0.05, 0.1) is 13.2 Å². The Hall–Kier alpha value is -1.87. The van der Waals surface area contributed by atoms with Crippen molar-refractivity contribution in [2.45, 2.75) is 26.4 Å². The van der Waals surface area contributed by atoms with Crippen LogP contribution in [0.25, 0.3) is 0 Å². The van der Waals surface area contributed by atoms with Crippen molar-refractivity contribution in [2.75, 3.05) is 7.11 Å². The molecule has 1 unspecified atom stereocenters. The van der Waals surface area contributed by atoms with E-state index < -0.39 is 6.10 Å². The van der Waals surface area contributed by atoms with Crippen molar-refractivity contribution in [3.8, 4) is 5.75 Å². The molecule has 1 aromatic heterocycles. The van der Waals surface area contributed by atoms with Crippen LogP contribution in [0.4, 0.5) is 0 Å². The second-order valence-electron chi connectivity index (χ2n) is 4.77. The summed E-state index contributed by atoms with van der Waals surface area (Å²) in [5, 5.41) is 10.3. The largest absolute Gasteiger partial charge is 0.496 e. The quantitative estimate of drug-likeness (QED) is 0.915. The molecule has 0 amide bonds. The second-order valence-corrected chi connectivity index (χ2v) is 4.77. The lowest BCUT2D eigenvalue weighted by atomic mass is 9.99. The van der Waals surface area contributed by atoms with Gasteiger partial charge in [-0.05, 0) is 43.2 Å². The van der Waals surface area contributed by atoms with E-state index in [0.717, 1.165) is 28.1 Å². The van der Waals surface area contributed by atoms with E-state index in [9.17, 15) is 5.11 Å². The van der Waals surface area contributed by atoms with E-state index in [1.807, 2.05) is 38.1 Å². The second kappa shape index (κ2) is 5.85. The minimum Gasteiger partial charge on any atom is -0.496 e. The number of aromatic nitrogens is 1. The Morgan fingerprint density at radius 3 is 2.68 bits per heavy atom. The van der Waals surface area contributed by atoms with Gasteiger partial charge in [0.25, 0.3) is 0 Å². The molecule has 0 aliphatic carbocycles. The van der Waals surface area contributed by atoms with Crippen molar-refractivity contribution >= 4 is 0 Å². The lowest BCUT2D eigenvalue weighted by Gasteiger charge is -2.14. The lowest BCUT2D eigenvalue weighted by Crippen LogP contribution is -2.04. The van der Waals surface area contributed by atoms with Crippen LogP contribution in [0.5, 0.6) is 5.75 Å². The number of nitrogens with zero attached hydrogens (tertiary/aromatic N) is 1. The summed E-state index contributed by atoms with van der Waals surface area (Å²) in [4.78, 5) is 4.14. The smallest absolute Gasteiger partial charge is 0.122 e. The molecule has 0 saturated carbocycles. The fraction of sp³-hybridized carbons (Fsp3) is 0.312. The summed E-state index contributed by atoms with van der Waals surface area (Å²) in [5.74, 6) is 0.815. The number of hydrogen-bond acceptors (Lipinski definition) is 3. The molecule has 0 aliphatic rings. The molecule has 100 valence electrons. The zero-order valence-corrected chi connectivity index (χ0v) is 11.6. The molecule has 3 heteroatoms.